The second-order valence-corrected chi connectivity index (χ2v) is 8.63. The molecule has 7 nitrogen and oxygen atoms in total. The number of fused-ring (bicyclic) bond motifs is 2. The molecular formula is C26H29N7. The van der Waals surface area contributed by atoms with Gasteiger partial charge in [0, 0.05) is 54.6 Å². The highest BCUT2D eigenvalue weighted by Crippen LogP contribution is 2.21. The van der Waals surface area contributed by atoms with Gasteiger partial charge in [-0.3, -0.25) is 0 Å². The maximum atomic E-state index is 4.62. The molecule has 3 heterocycles. The minimum Gasteiger partial charge on any atom is -0.366 e. The maximum Gasteiger partial charge on any atom is 0.224 e. The Morgan fingerprint density at radius 1 is 0.909 bits per heavy atom. The first kappa shape index (κ1) is 21.0. The Kier molecular flexibility index (Phi) is 5.95. The van der Waals surface area contributed by atoms with E-state index in [0.29, 0.717) is 12.5 Å². The van der Waals surface area contributed by atoms with Gasteiger partial charge in [0.25, 0.3) is 0 Å². The molecule has 2 aromatic carbocycles. The minimum atomic E-state index is 0.634. The number of H-pyrrole nitrogens is 2. The summed E-state index contributed by atoms with van der Waals surface area (Å²) in [6, 6.07) is 17.0. The third kappa shape index (κ3) is 4.99. The van der Waals surface area contributed by atoms with Crippen LogP contribution in [0.4, 0.5) is 11.8 Å². The van der Waals surface area contributed by atoms with Crippen LogP contribution < -0.4 is 10.6 Å². The summed E-state index contributed by atoms with van der Waals surface area (Å²) in [5.74, 6) is 1.44. The number of anilines is 2. The first-order chi connectivity index (χ1) is 16.1. The predicted molar refractivity (Wildman–Crippen MR) is 136 cm³/mol. The Hall–Kier alpha value is -3.84. The van der Waals surface area contributed by atoms with E-state index in [-0.39, 0.29) is 0 Å². The molecule has 168 valence electrons. The number of rotatable bonds is 9. The topological polar surface area (TPSA) is 84.7 Å². The lowest BCUT2D eigenvalue weighted by atomic mass is 10.1. The molecule has 0 bridgehead atoms. The lowest BCUT2D eigenvalue weighted by molar-refractivity contribution is 0.403. The molecule has 7 heteroatoms. The molecule has 0 saturated carbocycles. The van der Waals surface area contributed by atoms with E-state index in [4.69, 9.17) is 0 Å². The van der Waals surface area contributed by atoms with E-state index >= 15 is 0 Å². The number of nitrogens with zero attached hydrogens (tertiary/aromatic N) is 3. The van der Waals surface area contributed by atoms with Crippen LogP contribution in [-0.2, 0) is 19.5 Å². The lowest BCUT2D eigenvalue weighted by Crippen LogP contribution is -2.10. The van der Waals surface area contributed by atoms with Crippen LogP contribution >= 0.6 is 0 Å². The van der Waals surface area contributed by atoms with Crippen LogP contribution in [0, 0.1) is 0 Å². The highest BCUT2D eigenvalue weighted by Gasteiger charge is 2.07. The van der Waals surface area contributed by atoms with Crippen LogP contribution in [0.25, 0.3) is 21.8 Å². The Labute approximate surface area is 193 Å². The fourth-order valence-electron chi connectivity index (χ4n) is 4.15. The SMILES string of the molecule is CN(C)Cc1ccc2[nH]cc(CCNc3nccc(NCc4ccc5[nH]ccc5c4)n3)c2c1. The number of aromatic amines is 2. The summed E-state index contributed by atoms with van der Waals surface area (Å²) in [5, 5.41) is 9.26. The number of hydrogen-bond donors (Lipinski definition) is 4. The van der Waals surface area contributed by atoms with E-state index in [1.54, 1.807) is 6.20 Å². The Bertz CT molecular complexity index is 1370. The van der Waals surface area contributed by atoms with Crippen LogP contribution in [0.5, 0.6) is 0 Å². The third-order valence-electron chi connectivity index (χ3n) is 5.76. The van der Waals surface area contributed by atoms with Gasteiger partial charge in [0.2, 0.25) is 5.95 Å². The molecule has 3 aromatic heterocycles. The number of aromatic nitrogens is 4. The molecule has 33 heavy (non-hydrogen) atoms. The van der Waals surface area contributed by atoms with Gasteiger partial charge < -0.3 is 25.5 Å². The van der Waals surface area contributed by atoms with Gasteiger partial charge >= 0.3 is 0 Å². The van der Waals surface area contributed by atoms with E-state index in [0.717, 1.165) is 30.8 Å². The molecule has 0 saturated heterocycles. The van der Waals surface area contributed by atoms with Gasteiger partial charge in [-0.2, -0.15) is 4.98 Å². The average molecular weight is 440 g/mol. The highest BCUT2D eigenvalue weighted by molar-refractivity contribution is 5.84. The molecule has 0 aliphatic heterocycles. The fourth-order valence-corrected chi connectivity index (χ4v) is 4.15. The van der Waals surface area contributed by atoms with Crippen LogP contribution in [-0.4, -0.2) is 45.5 Å². The van der Waals surface area contributed by atoms with E-state index in [9.17, 15) is 0 Å². The number of hydrogen-bond acceptors (Lipinski definition) is 5. The van der Waals surface area contributed by atoms with Gasteiger partial charge in [-0.1, -0.05) is 12.1 Å². The van der Waals surface area contributed by atoms with Gasteiger partial charge in [0.15, 0.2) is 0 Å². The lowest BCUT2D eigenvalue weighted by Gasteiger charge is -2.10. The quantitative estimate of drug-likeness (QED) is 0.266. The van der Waals surface area contributed by atoms with Crippen molar-refractivity contribution in [3.63, 3.8) is 0 Å². The van der Waals surface area contributed by atoms with E-state index in [1.165, 1.54) is 33.0 Å². The van der Waals surface area contributed by atoms with Gasteiger partial charge in [0.05, 0.1) is 0 Å². The fraction of sp³-hybridized carbons (Fsp3) is 0.231. The van der Waals surface area contributed by atoms with Crippen LogP contribution in [0.2, 0.25) is 0 Å². The minimum absolute atomic E-state index is 0.634. The van der Waals surface area contributed by atoms with Gasteiger partial charge in [0.1, 0.15) is 5.82 Å². The molecule has 0 unspecified atom stereocenters. The monoisotopic (exact) mass is 439 g/mol. The molecule has 5 aromatic rings. The van der Waals surface area contributed by atoms with Crippen molar-refractivity contribution in [3.8, 4) is 0 Å². The van der Waals surface area contributed by atoms with Crippen molar-refractivity contribution in [2.45, 2.75) is 19.5 Å². The van der Waals surface area contributed by atoms with Crippen molar-refractivity contribution in [2.75, 3.05) is 31.3 Å². The zero-order valence-electron chi connectivity index (χ0n) is 19.0. The van der Waals surface area contributed by atoms with Crippen molar-refractivity contribution < 1.29 is 0 Å². The Morgan fingerprint density at radius 3 is 2.70 bits per heavy atom. The average Bonchev–Trinajstić information content (AvgIpc) is 3.44. The van der Waals surface area contributed by atoms with Crippen LogP contribution in [0.3, 0.4) is 0 Å². The molecule has 0 fully saturated rings. The summed E-state index contributed by atoms with van der Waals surface area (Å²) < 4.78 is 0. The standard InChI is InChI=1S/C26H29N7/c1-33(2)17-19-4-6-24-22(14-19)21(16-30-24)8-11-28-26-29-12-9-25(32-26)31-15-18-3-5-23-20(13-18)7-10-27-23/h3-7,9-10,12-14,16,27,30H,8,11,15,17H2,1-2H3,(H2,28,29,31,32). The Morgan fingerprint density at radius 2 is 1.79 bits per heavy atom. The summed E-state index contributed by atoms with van der Waals surface area (Å²) in [5.41, 5.74) is 6.15. The van der Waals surface area contributed by atoms with E-state index in [2.05, 4.69) is 98.2 Å². The zero-order chi connectivity index (χ0) is 22.6. The van der Waals surface area contributed by atoms with E-state index < -0.39 is 0 Å². The first-order valence-corrected chi connectivity index (χ1v) is 11.2. The highest BCUT2D eigenvalue weighted by atomic mass is 15.1. The summed E-state index contributed by atoms with van der Waals surface area (Å²) in [4.78, 5) is 17.8. The predicted octanol–water partition coefficient (Wildman–Crippen LogP) is 4.77. The number of benzene rings is 2. The molecule has 0 aliphatic carbocycles. The molecule has 0 aliphatic rings. The van der Waals surface area contributed by atoms with Crippen molar-refractivity contribution in [1.29, 1.82) is 0 Å². The van der Waals surface area contributed by atoms with Crippen molar-refractivity contribution in [1.82, 2.24) is 24.8 Å². The Balaban J connectivity index is 1.19. The van der Waals surface area contributed by atoms with Gasteiger partial charge in [-0.15, -0.1) is 0 Å². The molecule has 0 spiro atoms. The van der Waals surface area contributed by atoms with Crippen LogP contribution in [0.1, 0.15) is 16.7 Å². The number of nitrogens with one attached hydrogen (secondary N) is 4. The van der Waals surface area contributed by atoms with Crippen molar-refractivity contribution in [3.05, 3.63) is 83.8 Å². The third-order valence-corrected chi connectivity index (χ3v) is 5.76. The van der Waals surface area contributed by atoms with E-state index in [1.807, 2.05) is 12.3 Å². The smallest absolute Gasteiger partial charge is 0.224 e. The summed E-state index contributed by atoms with van der Waals surface area (Å²) >= 11 is 0. The van der Waals surface area contributed by atoms with Crippen molar-refractivity contribution >= 4 is 33.6 Å². The maximum absolute atomic E-state index is 4.62. The molecule has 4 N–H and O–H groups in total. The second kappa shape index (κ2) is 9.34. The molecular weight excluding hydrogens is 410 g/mol. The molecule has 0 atom stereocenters. The summed E-state index contributed by atoms with van der Waals surface area (Å²) in [7, 11) is 4.19. The van der Waals surface area contributed by atoms with Crippen molar-refractivity contribution in [2.24, 2.45) is 0 Å². The molecule has 0 radical (unpaired) electrons. The van der Waals surface area contributed by atoms with Gasteiger partial charge in [-0.25, -0.2) is 4.98 Å². The molecule has 5 rings (SSSR count). The first-order valence-electron chi connectivity index (χ1n) is 11.2. The zero-order valence-corrected chi connectivity index (χ0v) is 19.0. The normalized spacial score (nSPS) is 11.5. The summed E-state index contributed by atoms with van der Waals surface area (Å²) in [6.07, 6.45) is 6.74. The summed E-state index contributed by atoms with van der Waals surface area (Å²) in [6.45, 7) is 2.41. The van der Waals surface area contributed by atoms with Gasteiger partial charge in [-0.05, 0) is 79.0 Å². The largest absolute Gasteiger partial charge is 0.366 e. The molecule has 0 amide bonds. The second-order valence-electron chi connectivity index (χ2n) is 8.63. The van der Waals surface area contributed by atoms with Crippen LogP contribution in [0.15, 0.2) is 67.1 Å².